The van der Waals surface area contributed by atoms with E-state index in [1.807, 2.05) is 39.8 Å². The van der Waals surface area contributed by atoms with E-state index in [9.17, 15) is 9.00 Å². The largest absolute Gasteiger partial charge is 0.349 e. The van der Waals surface area contributed by atoms with Gasteiger partial charge in [0.1, 0.15) is 0 Å². The molecule has 4 rings (SSSR count). The van der Waals surface area contributed by atoms with Gasteiger partial charge in [0.15, 0.2) is 0 Å². The SMILES string of the molecule is C=S(=O)(NC(C)(C)C)c1ccc(-c2cc(C(=O)NC3CCC3)c(C)n2CC2CCCCC2)c(Cl)c1Cl. The van der Waals surface area contributed by atoms with E-state index >= 15 is 0 Å². The zero-order chi connectivity index (χ0) is 26.3. The summed E-state index contributed by atoms with van der Waals surface area (Å²) in [6.45, 7) is 8.64. The molecule has 0 saturated heterocycles. The Morgan fingerprint density at radius 3 is 2.33 bits per heavy atom. The second-order valence-corrected chi connectivity index (χ2v) is 14.3. The fourth-order valence-electron chi connectivity index (χ4n) is 5.31. The van der Waals surface area contributed by atoms with Crippen molar-refractivity contribution in [2.24, 2.45) is 5.92 Å². The molecule has 0 radical (unpaired) electrons. The number of amides is 1. The Balaban J connectivity index is 1.76. The number of nitrogens with zero attached hydrogens (tertiary/aromatic N) is 1. The molecule has 5 nitrogen and oxygen atoms in total. The molecule has 1 heterocycles. The van der Waals surface area contributed by atoms with Crippen molar-refractivity contribution < 1.29 is 9.00 Å². The van der Waals surface area contributed by atoms with E-state index in [2.05, 4.69) is 20.5 Å². The molecule has 1 aromatic heterocycles. The number of hydrogen-bond donors (Lipinski definition) is 2. The maximum Gasteiger partial charge on any atom is 0.253 e. The van der Waals surface area contributed by atoms with Crippen LogP contribution in [0.4, 0.5) is 0 Å². The zero-order valence-corrected chi connectivity index (χ0v) is 24.2. The number of carbonyl (C=O) groups excluding carboxylic acids is 1. The summed E-state index contributed by atoms with van der Waals surface area (Å²) in [4.78, 5) is 13.6. The Labute approximate surface area is 226 Å². The first-order valence-electron chi connectivity index (χ1n) is 13.0. The van der Waals surface area contributed by atoms with E-state index in [0.29, 0.717) is 21.4 Å². The molecule has 1 aromatic carbocycles. The molecule has 0 aliphatic heterocycles. The van der Waals surface area contributed by atoms with Gasteiger partial charge in [-0.1, -0.05) is 48.5 Å². The highest BCUT2D eigenvalue weighted by atomic mass is 35.5. The highest BCUT2D eigenvalue weighted by molar-refractivity contribution is 7.98. The number of halogens is 2. The molecule has 1 atom stereocenters. The zero-order valence-electron chi connectivity index (χ0n) is 21.9. The molecular weight excluding hydrogens is 513 g/mol. The molecule has 198 valence electrons. The van der Waals surface area contributed by atoms with Crippen LogP contribution in [0.3, 0.4) is 0 Å². The van der Waals surface area contributed by atoms with Gasteiger partial charge in [-0.25, -0.2) is 8.93 Å². The molecule has 2 aliphatic rings. The van der Waals surface area contributed by atoms with Crippen LogP contribution in [0.5, 0.6) is 0 Å². The van der Waals surface area contributed by atoms with Crippen LogP contribution in [-0.4, -0.2) is 32.1 Å². The van der Waals surface area contributed by atoms with E-state index in [1.165, 1.54) is 32.1 Å². The van der Waals surface area contributed by atoms with Crippen LogP contribution in [0, 0.1) is 12.8 Å². The molecule has 2 N–H and O–H groups in total. The van der Waals surface area contributed by atoms with Crippen LogP contribution >= 0.6 is 23.2 Å². The minimum absolute atomic E-state index is 0.0326. The summed E-state index contributed by atoms with van der Waals surface area (Å²) in [5, 5.41) is 3.74. The maximum absolute atomic E-state index is 13.4. The summed E-state index contributed by atoms with van der Waals surface area (Å²) in [6.07, 6.45) is 9.40. The van der Waals surface area contributed by atoms with Crippen LogP contribution in [0.25, 0.3) is 11.3 Å². The van der Waals surface area contributed by atoms with Crippen LogP contribution < -0.4 is 10.0 Å². The highest BCUT2D eigenvalue weighted by Gasteiger charge is 2.28. The average Bonchev–Trinajstić information content (AvgIpc) is 3.07. The molecule has 0 bridgehead atoms. The molecule has 1 unspecified atom stereocenters. The van der Waals surface area contributed by atoms with Gasteiger partial charge in [-0.2, -0.15) is 0 Å². The molecule has 8 heteroatoms. The fraction of sp³-hybridized carbons (Fsp3) is 0.571. The van der Waals surface area contributed by atoms with Crippen molar-refractivity contribution in [1.29, 1.82) is 0 Å². The molecule has 36 heavy (non-hydrogen) atoms. The quantitative estimate of drug-likeness (QED) is 0.363. The number of nitrogens with one attached hydrogen (secondary N) is 2. The number of aromatic nitrogens is 1. The van der Waals surface area contributed by atoms with Crippen molar-refractivity contribution in [3.8, 4) is 11.3 Å². The molecule has 2 saturated carbocycles. The molecule has 1 amide bonds. The van der Waals surface area contributed by atoms with Gasteiger partial charge < -0.3 is 9.88 Å². The van der Waals surface area contributed by atoms with Gasteiger partial charge in [0.2, 0.25) is 0 Å². The summed E-state index contributed by atoms with van der Waals surface area (Å²) < 4.78 is 18.7. The first-order chi connectivity index (χ1) is 16.9. The normalized spacial score (nSPS) is 19.1. The van der Waals surface area contributed by atoms with Gasteiger partial charge in [-0.05, 0) is 83.7 Å². The minimum atomic E-state index is -2.87. The lowest BCUT2D eigenvalue weighted by Gasteiger charge is -2.26. The van der Waals surface area contributed by atoms with Gasteiger partial charge in [-0.15, -0.1) is 0 Å². The molecule has 2 aromatic rings. The molecule has 2 fully saturated rings. The third-order valence-corrected chi connectivity index (χ3v) is 10.4. The van der Waals surface area contributed by atoms with Crippen molar-refractivity contribution in [1.82, 2.24) is 14.6 Å². The van der Waals surface area contributed by atoms with Gasteiger partial charge in [0.05, 0.1) is 35.9 Å². The first-order valence-corrected chi connectivity index (χ1v) is 15.5. The Bertz CT molecular complexity index is 1230. The minimum Gasteiger partial charge on any atom is -0.349 e. The van der Waals surface area contributed by atoms with E-state index < -0.39 is 15.2 Å². The van der Waals surface area contributed by atoms with E-state index in [1.54, 1.807) is 6.07 Å². The molecular formula is C28H39Cl2N3O2S. The van der Waals surface area contributed by atoms with E-state index in [4.69, 9.17) is 23.2 Å². The topological polar surface area (TPSA) is 63.1 Å². The Morgan fingerprint density at radius 2 is 1.75 bits per heavy atom. The van der Waals surface area contributed by atoms with Crippen molar-refractivity contribution in [2.75, 3.05) is 0 Å². The number of hydrogen-bond acceptors (Lipinski definition) is 2. The third-order valence-electron chi connectivity index (χ3n) is 7.37. The summed E-state index contributed by atoms with van der Waals surface area (Å²) in [6, 6.07) is 5.82. The first kappa shape index (κ1) is 27.6. The lowest BCUT2D eigenvalue weighted by molar-refractivity contribution is 0.0916. The average molecular weight is 553 g/mol. The predicted molar refractivity (Wildman–Crippen MR) is 153 cm³/mol. The maximum atomic E-state index is 13.4. The van der Waals surface area contributed by atoms with Crippen molar-refractivity contribution in [3.05, 3.63) is 39.5 Å². The number of rotatable bonds is 7. The molecule has 2 aliphatic carbocycles. The third kappa shape index (κ3) is 5.98. The van der Waals surface area contributed by atoms with E-state index in [0.717, 1.165) is 42.8 Å². The number of carbonyl (C=O) groups is 1. The van der Waals surface area contributed by atoms with Crippen LogP contribution in [0.2, 0.25) is 10.0 Å². The summed E-state index contributed by atoms with van der Waals surface area (Å²) in [5.74, 6) is 4.45. The lowest BCUT2D eigenvalue weighted by Crippen LogP contribution is -2.40. The predicted octanol–water partition coefficient (Wildman–Crippen LogP) is 7.01. The van der Waals surface area contributed by atoms with Crippen LogP contribution in [0.1, 0.15) is 88.2 Å². The van der Waals surface area contributed by atoms with E-state index in [-0.39, 0.29) is 17.0 Å². The Morgan fingerprint density at radius 1 is 1.08 bits per heavy atom. The van der Waals surface area contributed by atoms with Crippen LogP contribution in [-0.2, 0) is 16.3 Å². The van der Waals surface area contributed by atoms with Gasteiger partial charge in [0.25, 0.3) is 5.91 Å². The number of benzene rings is 1. The van der Waals surface area contributed by atoms with Gasteiger partial charge >= 0.3 is 0 Å². The summed E-state index contributed by atoms with van der Waals surface area (Å²) in [7, 11) is -2.87. The smallest absolute Gasteiger partial charge is 0.253 e. The van der Waals surface area contributed by atoms with Gasteiger partial charge in [-0.3, -0.25) is 4.79 Å². The summed E-state index contributed by atoms with van der Waals surface area (Å²) in [5.41, 5.74) is 2.81. The Hall–Kier alpha value is -1.47. The van der Waals surface area contributed by atoms with Crippen molar-refractivity contribution in [3.63, 3.8) is 0 Å². The summed E-state index contributed by atoms with van der Waals surface area (Å²) >= 11 is 13.6. The van der Waals surface area contributed by atoms with Gasteiger partial charge in [0, 0.05) is 29.4 Å². The Kier molecular flexibility index (Phi) is 8.21. The fourth-order valence-corrected chi connectivity index (χ4v) is 7.95. The van der Waals surface area contributed by atoms with Crippen molar-refractivity contribution >= 4 is 44.7 Å². The molecule has 0 spiro atoms. The lowest BCUT2D eigenvalue weighted by atomic mass is 9.89. The standard InChI is InChI=1S/C28H39Cl2N3O2S/c1-18-22(27(34)31-20-12-9-13-20)16-23(33(18)17-19-10-7-6-8-11-19)21-14-15-24(26(30)25(21)29)36(5,35)32-28(2,3)4/h14-16,19-20H,5-13,17H2,1-4H3,(H,31,34)(H,32,35). The van der Waals surface area contributed by atoms with Crippen LogP contribution in [0.15, 0.2) is 23.1 Å². The van der Waals surface area contributed by atoms with Crippen molar-refractivity contribution in [2.45, 2.75) is 102 Å². The monoisotopic (exact) mass is 551 g/mol. The second-order valence-electron chi connectivity index (χ2n) is 11.5. The second kappa shape index (κ2) is 10.7. The highest BCUT2D eigenvalue weighted by Crippen LogP contribution is 2.40.